The molecule has 2 heteroatoms. The van der Waals surface area contributed by atoms with Crippen molar-refractivity contribution >= 4 is 0 Å². The minimum absolute atomic E-state index is 1.05. The first-order valence-corrected chi connectivity index (χ1v) is 4.92. The fourth-order valence-corrected chi connectivity index (χ4v) is 1.61. The van der Waals surface area contributed by atoms with E-state index in [-0.39, 0.29) is 0 Å². The van der Waals surface area contributed by atoms with Gasteiger partial charge in [-0.15, -0.1) is 0 Å². The van der Waals surface area contributed by atoms with E-state index < -0.39 is 0 Å². The van der Waals surface area contributed by atoms with E-state index in [4.69, 9.17) is 0 Å². The molecule has 1 heterocycles. The molecule has 70 valence electrons. The lowest BCUT2D eigenvalue weighted by atomic mass is 10.2. The van der Waals surface area contributed by atoms with Gasteiger partial charge in [0.05, 0.1) is 0 Å². The predicted octanol–water partition coefficient (Wildman–Crippen LogP) is 2.24. The highest BCUT2D eigenvalue weighted by molar-refractivity contribution is 4.89. The summed E-state index contributed by atoms with van der Waals surface area (Å²) >= 11 is 0. The molecule has 0 spiro atoms. The molecule has 0 unspecified atom stereocenters. The van der Waals surface area contributed by atoms with Crippen LogP contribution in [0.5, 0.6) is 0 Å². The first-order chi connectivity index (χ1) is 5.75. The Kier molecular flexibility index (Phi) is 3.60. The molecule has 2 nitrogen and oxygen atoms in total. The number of allylic oxidation sites excluding steroid dienone is 1. The lowest BCUT2D eigenvalue weighted by Gasteiger charge is -2.37. The van der Waals surface area contributed by atoms with E-state index >= 15 is 0 Å². The quantitative estimate of drug-likeness (QED) is 0.637. The van der Waals surface area contributed by atoms with Crippen molar-refractivity contribution < 1.29 is 0 Å². The van der Waals surface area contributed by atoms with Gasteiger partial charge in [-0.05, 0) is 19.3 Å². The molecule has 0 aromatic heterocycles. The van der Waals surface area contributed by atoms with Gasteiger partial charge in [0.25, 0.3) is 0 Å². The first-order valence-electron chi connectivity index (χ1n) is 4.92. The lowest BCUT2D eigenvalue weighted by Crippen LogP contribution is -2.42. The summed E-state index contributed by atoms with van der Waals surface area (Å²) in [6.07, 6.45) is 5.11. The van der Waals surface area contributed by atoms with Crippen molar-refractivity contribution in [3.63, 3.8) is 0 Å². The van der Waals surface area contributed by atoms with Gasteiger partial charge >= 0.3 is 0 Å². The fourth-order valence-electron chi connectivity index (χ4n) is 1.61. The zero-order valence-corrected chi connectivity index (χ0v) is 8.34. The Balaban J connectivity index is 2.39. The van der Waals surface area contributed by atoms with E-state index in [0.717, 1.165) is 6.42 Å². The number of hydrogen-bond acceptors (Lipinski definition) is 2. The van der Waals surface area contributed by atoms with Gasteiger partial charge in [-0.2, -0.15) is 0 Å². The monoisotopic (exact) mass is 168 g/mol. The van der Waals surface area contributed by atoms with Crippen LogP contribution in [0.1, 0.15) is 32.6 Å². The zero-order chi connectivity index (χ0) is 8.97. The Hall–Kier alpha value is -0.500. The summed E-state index contributed by atoms with van der Waals surface area (Å²) in [6.45, 7) is 8.60. The molecule has 1 aliphatic rings. The maximum atomic E-state index is 4.03. The third-order valence-electron chi connectivity index (χ3n) is 2.62. The van der Waals surface area contributed by atoms with E-state index in [2.05, 4.69) is 30.6 Å². The maximum Gasteiger partial charge on any atom is 0.0230 e. The summed E-state index contributed by atoms with van der Waals surface area (Å²) in [5.74, 6) is 0. The van der Waals surface area contributed by atoms with Crippen LogP contribution in [0.4, 0.5) is 0 Å². The molecule has 0 atom stereocenters. The van der Waals surface area contributed by atoms with Gasteiger partial charge in [-0.1, -0.05) is 19.9 Å². The number of hydrazine groups is 1. The average molecular weight is 168 g/mol. The Morgan fingerprint density at radius 1 is 1.33 bits per heavy atom. The van der Waals surface area contributed by atoms with Crippen molar-refractivity contribution in [2.45, 2.75) is 32.6 Å². The second-order valence-electron chi connectivity index (χ2n) is 3.46. The summed E-state index contributed by atoms with van der Waals surface area (Å²) in [6, 6.07) is 0. The van der Waals surface area contributed by atoms with Crippen molar-refractivity contribution in [2.24, 2.45) is 0 Å². The van der Waals surface area contributed by atoms with E-state index in [1.165, 1.54) is 38.0 Å². The Labute approximate surface area is 75.8 Å². The molecule has 1 aliphatic heterocycles. The van der Waals surface area contributed by atoms with Crippen LogP contribution in [0.15, 0.2) is 12.3 Å². The largest absolute Gasteiger partial charge is 0.314 e. The highest BCUT2D eigenvalue weighted by Gasteiger charge is 2.14. The minimum atomic E-state index is 1.05. The fraction of sp³-hybridized carbons (Fsp3) is 0.800. The molecule has 0 radical (unpaired) electrons. The smallest absolute Gasteiger partial charge is 0.0230 e. The molecular formula is C10H20N2. The molecule has 1 fully saturated rings. The zero-order valence-electron chi connectivity index (χ0n) is 8.34. The molecule has 0 bridgehead atoms. The van der Waals surface area contributed by atoms with Crippen LogP contribution < -0.4 is 0 Å². The third-order valence-corrected chi connectivity index (χ3v) is 2.62. The summed E-state index contributed by atoms with van der Waals surface area (Å²) < 4.78 is 0. The van der Waals surface area contributed by atoms with E-state index in [9.17, 15) is 0 Å². The third kappa shape index (κ3) is 2.24. The second kappa shape index (κ2) is 4.51. The maximum absolute atomic E-state index is 4.03. The molecule has 1 saturated heterocycles. The summed E-state index contributed by atoms with van der Waals surface area (Å²) in [5.41, 5.74) is 1.22. The van der Waals surface area contributed by atoms with Gasteiger partial charge in [0.1, 0.15) is 0 Å². The van der Waals surface area contributed by atoms with Crippen molar-refractivity contribution in [2.75, 3.05) is 20.1 Å². The van der Waals surface area contributed by atoms with Gasteiger partial charge in [-0.25, -0.2) is 5.01 Å². The SMILES string of the molecule is C=C(CC)N(C)N1CCCCC1. The van der Waals surface area contributed by atoms with Crippen LogP contribution in [0, 0.1) is 0 Å². The number of nitrogens with zero attached hydrogens (tertiary/aromatic N) is 2. The molecule has 12 heavy (non-hydrogen) atoms. The van der Waals surface area contributed by atoms with Gasteiger partial charge in [0, 0.05) is 25.8 Å². The van der Waals surface area contributed by atoms with E-state index in [1.54, 1.807) is 0 Å². The minimum Gasteiger partial charge on any atom is -0.314 e. The number of rotatable bonds is 3. The Morgan fingerprint density at radius 2 is 1.92 bits per heavy atom. The molecule has 0 N–H and O–H groups in total. The lowest BCUT2D eigenvalue weighted by molar-refractivity contribution is 0.0128. The molecule has 0 aromatic carbocycles. The highest BCUT2D eigenvalue weighted by atomic mass is 15.6. The van der Waals surface area contributed by atoms with Gasteiger partial charge in [-0.3, -0.25) is 0 Å². The summed E-state index contributed by atoms with van der Waals surface area (Å²) in [7, 11) is 2.12. The summed E-state index contributed by atoms with van der Waals surface area (Å²) in [4.78, 5) is 0. The molecule has 0 amide bonds. The Morgan fingerprint density at radius 3 is 2.42 bits per heavy atom. The Bertz CT molecular complexity index is 148. The van der Waals surface area contributed by atoms with Gasteiger partial charge in [0.2, 0.25) is 0 Å². The molecule has 1 rings (SSSR count). The predicted molar refractivity (Wildman–Crippen MR) is 52.6 cm³/mol. The van der Waals surface area contributed by atoms with Gasteiger partial charge < -0.3 is 5.01 Å². The normalized spacial score (nSPS) is 19.2. The van der Waals surface area contributed by atoms with Crippen molar-refractivity contribution in [3.8, 4) is 0 Å². The molecule has 0 saturated carbocycles. The number of piperidine rings is 1. The van der Waals surface area contributed by atoms with Gasteiger partial charge in [0.15, 0.2) is 0 Å². The molecule has 0 aromatic rings. The number of hydrogen-bond donors (Lipinski definition) is 0. The van der Waals surface area contributed by atoms with Crippen LogP contribution in [0.25, 0.3) is 0 Å². The van der Waals surface area contributed by atoms with Crippen LogP contribution in [-0.2, 0) is 0 Å². The molecular weight excluding hydrogens is 148 g/mol. The summed E-state index contributed by atoms with van der Waals surface area (Å²) in [5, 5.41) is 4.62. The average Bonchev–Trinajstić information content (AvgIpc) is 2.17. The topological polar surface area (TPSA) is 6.48 Å². The van der Waals surface area contributed by atoms with E-state index in [1.807, 2.05) is 0 Å². The van der Waals surface area contributed by atoms with E-state index in [0.29, 0.717) is 0 Å². The standard InChI is InChI=1S/C10H20N2/c1-4-10(2)11(3)12-8-6-5-7-9-12/h2,4-9H2,1,3H3. The van der Waals surface area contributed by atoms with Crippen molar-refractivity contribution in [1.82, 2.24) is 10.0 Å². The van der Waals surface area contributed by atoms with Crippen LogP contribution >= 0.6 is 0 Å². The first kappa shape index (κ1) is 9.59. The van der Waals surface area contributed by atoms with Crippen LogP contribution in [0.2, 0.25) is 0 Å². The van der Waals surface area contributed by atoms with Crippen molar-refractivity contribution in [1.29, 1.82) is 0 Å². The molecule has 0 aliphatic carbocycles. The highest BCUT2D eigenvalue weighted by Crippen LogP contribution is 2.14. The van der Waals surface area contributed by atoms with Crippen LogP contribution in [0.3, 0.4) is 0 Å². The van der Waals surface area contributed by atoms with Crippen LogP contribution in [-0.4, -0.2) is 30.2 Å². The second-order valence-corrected chi connectivity index (χ2v) is 3.46. The van der Waals surface area contributed by atoms with Crippen molar-refractivity contribution in [3.05, 3.63) is 12.3 Å².